The van der Waals surface area contributed by atoms with Crippen LogP contribution in [0.1, 0.15) is 90.4 Å². The van der Waals surface area contributed by atoms with E-state index in [2.05, 4.69) is 20.1 Å². The molecule has 0 unspecified atom stereocenters. The zero-order valence-electron chi connectivity index (χ0n) is 30.8. The normalized spacial score (nSPS) is 52.4. The molecule has 3 N–H and O–H groups in total. The highest BCUT2D eigenvalue weighted by Gasteiger charge is 2.68. The van der Waals surface area contributed by atoms with Crippen molar-refractivity contribution >= 4 is 5.78 Å². The van der Waals surface area contributed by atoms with Crippen molar-refractivity contribution in [1.82, 2.24) is 0 Å². The highest BCUT2D eigenvalue weighted by molar-refractivity contribution is 5.79. The van der Waals surface area contributed by atoms with Crippen LogP contribution in [0.4, 0.5) is 0 Å². The highest BCUT2D eigenvalue weighted by Crippen LogP contribution is 2.54. The van der Waals surface area contributed by atoms with E-state index in [-0.39, 0.29) is 122 Å². The fraction of sp³-hybridized carbons (Fsp3) is 0.875. The Morgan fingerprint density at radius 3 is 2.38 bits per heavy atom. The molecule has 1 spiro atoms. The predicted molar refractivity (Wildman–Crippen MR) is 186 cm³/mol. The Morgan fingerprint density at radius 2 is 1.56 bits per heavy atom. The molecule has 10 fully saturated rings. The van der Waals surface area contributed by atoms with Crippen molar-refractivity contribution in [2.45, 2.75) is 194 Å². The van der Waals surface area contributed by atoms with Gasteiger partial charge in [-0.05, 0) is 62.0 Å². The van der Waals surface area contributed by atoms with Gasteiger partial charge in [-0.25, -0.2) is 0 Å². The third-order valence-electron chi connectivity index (χ3n) is 14.0. The number of rotatable bonds is 4. The van der Waals surface area contributed by atoms with E-state index in [0.717, 1.165) is 56.1 Å². The maximum absolute atomic E-state index is 14.1. The van der Waals surface area contributed by atoms with Crippen molar-refractivity contribution < 1.29 is 52.5 Å². The number of methoxy groups -OCH3 is 1. The second-order valence-electron chi connectivity index (χ2n) is 17.4. The predicted octanol–water partition coefficient (Wildman–Crippen LogP) is 3.44. The summed E-state index contributed by atoms with van der Waals surface area (Å²) >= 11 is 0. The van der Waals surface area contributed by atoms with Crippen LogP contribution >= 0.6 is 0 Å². The Labute approximate surface area is 307 Å². The van der Waals surface area contributed by atoms with Crippen LogP contribution in [0.5, 0.6) is 0 Å². The van der Waals surface area contributed by atoms with Gasteiger partial charge in [0.15, 0.2) is 5.79 Å². The molecule has 0 aromatic carbocycles. The minimum atomic E-state index is -0.780. The van der Waals surface area contributed by atoms with Crippen molar-refractivity contribution in [2.75, 3.05) is 13.7 Å². The van der Waals surface area contributed by atoms with Crippen LogP contribution in [-0.4, -0.2) is 128 Å². The Morgan fingerprint density at radius 1 is 0.808 bits per heavy atom. The molecule has 0 radical (unpaired) electrons. The first kappa shape index (κ1) is 36.4. The van der Waals surface area contributed by atoms with Gasteiger partial charge in [0.25, 0.3) is 0 Å². The van der Waals surface area contributed by atoms with Crippen molar-refractivity contribution in [1.29, 1.82) is 0 Å². The average molecular weight is 730 g/mol. The van der Waals surface area contributed by atoms with Crippen LogP contribution in [0.2, 0.25) is 0 Å². The van der Waals surface area contributed by atoms with Crippen LogP contribution in [0.25, 0.3) is 0 Å². The molecule has 12 heteroatoms. The lowest BCUT2D eigenvalue weighted by Gasteiger charge is -2.47. The first-order chi connectivity index (χ1) is 25.1. The molecule has 12 bridgehead atoms. The number of carbonyl (C=O) groups is 1. The molecule has 10 aliphatic rings. The van der Waals surface area contributed by atoms with Crippen LogP contribution in [0, 0.1) is 11.8 Å². The molecule has 52 heavy (non-hydrogen) atoms. The number of Topliss-reactive ketones (excluding diaryl/α,β-unsaturated/α-hetero) is 1. The topological polar surface area (TPSA) is 146 Å². The Bertz CT molecular complexity index is 1380. The maximum Gasteiger partial charge on any atom is 0.172 e. The Kier molecular flexibility index (Phi) is 10.0. The molecule has 10 rings (SSSR count). The smallest absolute Gasteiger partial charge is 0.172 e. The van der Waals surface area contributed by atoms with E-state index < -0.39 is 18.0 Å². The lowest BCUT2D eigenvalue weighted by Crippen LogP contribution is -2.61. The molecular weight excluding hydrogens is 670 g/mol. The first-order valence-electron chi connectivity index (χ1n) is 20.2. The van der Waals surface area contributed by atoms with Gasteiger partial charge in [-0.15, -0.1) is 0 Å². The van der Waals surface area contributed by atoms with Crippen LogP contribution in [0.15, 0.2) is 24.3 Å². The third-order valence-corrected chi connectivity index (χ3v) is 14.0. The Balaban J connectivity index is 0.994. The van der Waals surface area contributed by atoms with Crippen LogP contribution in [0.3, 0.4) is 0 Å². The molecule has 0 aromatic heterocycles. The third kappa shape index (κ3) is 6.59. The lowest BCUT2D eigenvalue weighted by molar-refractivity contribution is -0.292. The summed E-state index contributed by atoms with van der Waals surface area (Å²) in [5.74, 6) is -0.619. The number of ketones is 1. The summed E-state index contributed by atoms with van der Waals surface area (Å²) in [4.78, 5) is 14.1. The number of nitrogens with two attached hydrogens (primary N) is 1. The van der Waals surface area contributed by atoms with Gasteiger partial charge in [-0.2, -0.15) is 0 Å². The van der Waals surface area contributed by atoms with Gasteiger partial charge in [0.2, 0.25) is 0 Å². The zero-order valence-corrected chi connectivity index (χ0v) is 30.8. The van der Waals surface area contributed by atoms with E-state index in [4.69, 9.17) is 48.4 Å². The minimum Gasteiger partial charge on any atom is -0.392 e. The lowest BCUT2D eigenvalue weighted by atomic mass is 9.81. The first-order valence-corrected chi connectivity index (χ1v) is 20.2. The maximum atomic E-state index is 14.1. The van der Waals surface area contributed by atoms with E-state index in [1.807, 2.05) is 0 Å². The SMILES string of the molecule is C=C1C[C@H]2CC[C@]34C[C@H]5O[C@@H]6[C@@H](O3)[C@H]3O[C@H](CC[C@@H]3O[C@@H]6[C@@H]5O4)CC(=O)C[C@H]3[C@@H](OC)[C@@H](C[C@H](O)CN)O[C@@H]3C[C@H]3O[C@@H](CC[C@H]1O2)C[C@@H](C)C3=C. The van der Waals surface area contributed by atoms with Gasteiger partial charge >= 0.3 is 0 Å². The molecule has 290 valence electrons. The fourth-order valence-corrected chi connectivity index (χ4v) is 11.3. The van der Waals surface area contributed by atoms with Gasteiger partial charge < -0.3 is 53.5 Å². The highest BCUT2D eigenvalue weighted by atomic mass is 16.8. The molecule has 0 aliphatic carbocycles. The molecule has 10 heterocycles. The number of aliphatic hydroxyl groups is 1. The molecule has 0 saturated carbocycles. The molecule has 0 aromatic rings. The molecule has 0 amide bonds. The van der Waals surface area contributed by atoms with Gasteiger partial charge in [-0.3, -0.25) is 4.79 Å². The number of ether oxygens (including phenoxy) is 9. The summed E-state index contributed by atoms with van der Waals surface area (Å²) in [6.45, 7) is 11.3. The van der Waals surface area contributed by atoms with Crippen molar-refractivity contribution in [2.24, 2.45) is 17.6 Å². The quantitative estimate of drug-likeness (QED) is 0.409. The van der Waals surface area contributed by atoms with E-state index in [0.29, 0.717) is 25.7 Å². The summed E-state index contributed by atoms with van der Waals surface area (Å²) < 4.78 is 60.0. The van der Waals surface area contributed by atoms with Crippen molar-refractivity contribution in [3.05, 3.63) is 24.3 Å². The number of carbonyl (C=O) groups excluding carboxylic acids is 1. The average Bonchev–Trinajstić information content (AvgIpc) is 3.79. The van der Waals surface area contributed by atoms with Crippen molar-refractivity contribution in [3.8, 4) is 0 Å². The Hall–Kier alpha value is -1.29. The summed E-state index contributed by atoms with van der Waals surface area (Å²) in [5, 5.41) is 10.5. The monoisotopic (exact) mass is 729 g/mol. The molecular formula is C40H59NO11. The summed E-state index contributed by atoms with van der Waals surface area (Å²) in [6.07, 6.45) is 4.85. The van der Waals surface area contributed by atoms with Gasteiger partial charge in [0.05, 0.1) is 67.1 Å². The second kappa shape index (κ2) is 14.3. The summed E-state index contributed by atoms with van der Waals surface area (Å²) in [5.41, 5.74) is 8.01. The molecule has 10 aliphatic heterocycles. The second-order valence-corrected chi connectivity index (χ2v) is 17.4. The summed E-state index contributed by atoms with van der Waals surface area (Å²) in [6, 6.07) is 0. The number of hydrogen-bond acceptors (Lipinski definition) is 12. The number of fused-ring (bicyclic) bond motifs is 6. The molecule has 10 saturated heterocycles. The van der Waals surface area contributed by atoms with E-state index in [1.54, 1.807) is 7.11 Å². The standard InChI is InChI=1S/C40H59NO11/c1-19-11-24-5-7-28-20(2)12-26(45-28)9-10-40-17-33-36(51-40)37-38(50-33)39(52-40)35-29(49-37)8-6-25(47-35)13-22(42)14-27-31(16-30(46-24)21(19)3)48-32(34(27)44-4)15-23(43)18-41/h19,23-39,43H,2-3,5-18,41H2,1,4H3/t19-,23+,24+,25-,26-,27-,28-,29+,30-,31-,32-,33-,34-,35+,36-,37-,38+,39+,40-/m1/s1. The molecule has 12 nitrogen and oxygen atoms in total. The van der Waals surface area contributed by atoms with E-state index in [1.165, 1.54) is 0 Å². The zero-order chi connectivity index (χ0) is 35.9. The minimum absolute atomic E-state index is 0.0158. The van der Waals surface area contributed by atoms with Gasteiger partial charge in [0.1, 0.15) is 36.3 Å². The fourth-order valence-electron chi connectivity index (χ4n) is 11.3. The van der Waals surface area contributed by atoms with E-state index in [9.17, 15) is 9.90 Å². The largest absolute Gasteiger partial charge is 0.392 e. The van der Waals surface area contributed by atoms with Gasteiger partial charge in [0, 0.05) is 58.1 Å². The van der Waals surface area contributed by atoms with Crippen LogP contribution in [-0.2, 0) is 47.4 Å². The molecule has 19 atom stereocenters. The van der Waals surface area contributed by atoms with Gasteiger partial charge in [-0.1, -0.05) is 20.1 Å². The number of aliphatic hydroxyl groups excluding tert-OH is 1. The van der Waals surface area contributed by atoms with Crippen LogP contribution < -0.4 is 5.73 Å². The van der Waals surface area contributed by atoms with E-state index >= 15 is 0 Å². The summed E-state index contributed by atoms with van der Waals surface area (Å²) in [7, 11) is 1.66. The number of hydrogen-bond donors (Lipinski definition) is 2. The van der Waals surface area contributed by atoms with Crippen molar-refractivity contribution in [3.63, 3.8) is 0 Å².